The summed E-state index contributed by atoms with van der Waals surface area (Å²) >= 11 is 0. The quantitative estimate of drug-likeness (QED) is 0.473. The summed E-state index contributed by atoms with van der Waals surface area (Å²) in [6.45, 7) is 3.45. The van der Waals surface area contributed by atoms with Crippen molar-refractivity contribution < 1.29 is 22.8 Å². The Morgan fingerprint density at radius 2 is 1.79 bits per heavy atom. The summed E-state index contributed by atoms with van der Waals surface area (Å²) in [4.78, 5) is 21.1. The topological polar surface area (TPSA) is 71.7 Å². The zero-order chi connectivity index (χ0) is 24.1. The van der Waals surface area contributed by atoms with Crippen LogP contribution in [0, 0.1) is 6.92 Å². The van der Waals surface area contributed by atoms with Gasteiger partial charge in [-0.15, -0.1) is 0 Å². The highest BCUT2D eigenvalue weighted by molar-refractivity contribution is 5.92. The maximum Gasteiger partial charge on any atom is 0.387 e. The van der Waals surface area contributed by atoms with Gasteiger partial charge in [-0.25, -0.2) is 0 Å². The molecule has 2 heterocycles. The van der Waals surface area contributed by atoms with Crippen molar-refractivity contribution in [1.82, 2.24) is 19.9 Å². The Hall–Kier alpha value is -3.59. The second-order valence-corrected chi connectivity index (χ2v) is 8.11. The zero-order valence-electron chi connectivity index (χ0n) is 19.0. The van der Waals surface area contributed by atoms with E-state index < -0.39 is 6.61 Å². The molecule has 1 atom stereocenters. The number of halogens is 2. The number of hydrogen-bond acceptors (Lipinski definition) is 6. The van der Waals surface area contributed by atoms with Crippen molar-refractivity contribution in [2.45, 2.75) is 26.5 Å². The number of hydrogen-bond donors (Lipinski definition) is 0. The molecule has 2 aromatic carbocycles. The number of amides is 1. The molecule has 0 spiro atoms. The van der Waals surface area contributed by atoms with Gasteiger partial charge in [-0.3, -0.25) is 9.69 Å². The lowest BCUT2D eigenvalue weighted by molar-refractivity contribution is -0.128. The second kappa shape index (κ2) is 10.6. The summed E-state index contributed by atoms with van der Waals surface area (Å²) in [6, 6.07) is 14.2. The van der Waals surface area contributed by atoms with Gasteiger partial charge in [0.1, 0.15) is 5.75 Å². The first-order chi connectivity index (χ1) is 16.4. The molecule has 1 aromatic heterocycles. The lowest BCUT2D eigenvalue weighted by atomic mass is 10.1. The van der Waals surface area contributed by atoms with Gasteiger partial charge in [0.25, 0.3) is 0 Å². The molecular weight excluding hydrogens is 442 g/mol. The van der Waals surface area contributed by atoms with Crippen molar-refractivity contribution in [3.05, 3.63) is 71.6 Å². The van der Waals surface area contributed by atoms with Gasteiger partial charge in [-0.1, -0.05) is 53.2 Å². The van der Waals surface area contributed by atoms with Crippen LogP contribution in [0.3, 0.4) is 0 Å². The van der Waals surface area contributed by atoms with Crippen molar-refractivity contribution in [2.75, 3.05) is 26.2 Å². The molecule has 4 rings (SSSR count). The van der Waals surface area contributed by atoms with Crippen LogP contribution < -0.4 is 4.74 Å². The Morgan fingerprint density at radius 3 is 2.50 bits per heavy atom. The number of nitrogens with zero attached hydrogens (tertiary/aromatic N) is 4. The third kappa shape index (κ3) is 5.66. The summed E-state index contributed by atoms with van der Waals surface area (Å²) in [5.41, 5.74) is 2.48. The molecule has 1 aliphatic heterocycles. The summed E-state index contributed by atoms with van der Waals surface area (Å²) in [6.07, 6.45) is 2.89. The highest BCUT2D eigenvalue weighted by atomic mass is 19.3. The highest BCUT2D eigenvalue weighted by Crippen LogP contribution is 2.24. The molecule has 0 radical (unpaired) electrons. The van der Waals surface area contributed by atoms with E-state index in [1.807, 2.05) is 38.1 Å². The molecule has 9 heteroatoms. The van der Waals surface area contributed by atoms with E-state index >= 15 is 0 Å². The van der Waals surface area contributed by atoms with Crippen LogP contribution in [0.5, 0.6) is 5.75 Å². The SMILES string of the molecule is Cc1ccc(-c2noc(C(C)N3CCN(C(=O)/C=C/c4ccccc4OC(F)F)CC3)n2)cc1. The standard InChI is InChI=1S/C25H26F2N4O3/c1-17-7-9-20(10-8-17)23-28-24(34-29-23)18(2)30-13-15-31(16-14-30)22(32)12-11-19-5-3-4-6-21(19)33-25(26)27/h3-12,18,25H,13-16H2,1-2H3/b12-11+. The van der Waals surface area contributed by atoms with Gasteiger partial charge in [0.2, 0.25) is 17.6 Å². The number of benzene rings is 2. The van der Waals surface area contributed by atoms with Crippen molar-refractivity contribution in [3.63, 3.8) is 0 Å². The number of aromatic nitrogens is 2. The predicted molar refractivity (Wildman–Crippen MR) is 123 cm³/mol. The van der Waals surface area contributed by atoms with Gasteiger partial charge in [0.05, 0.1) is 6.04 Å². The minimum atomic E-state index is -2.92. The van der Waals surface area contributed by atoms with Crippen LogP contribution in [0.4, 0.5) is 8.78 Å². The molecule has 34 heavy (non-hydrogen) atoms. The predicted octanol–water partition coefficient (Wildman–Crippen LogP) is 4.57. The molecule has 1 fully saturated rings. The minimum Gasteiger partial charge on any atom is -0.434 e. The van der Waals surface area contributed by atoms with E-state index in [2.05, 4.69) is 19.8 Å². The largest absolute Gasteiger partial charge is 0.434 e. The monoisotopic (exact) mass is 468 g/mol. The minimum absolute atomic E-state index is 0.0322. The first kappa shape index (κ1) is 23.6. The van der Waals surface area contributed by atoms with E-state index in [1.54, 1.807) is 23.1 Å². The van der Waals surface area contributed by atoms with Crippen LogP contribution >= 0.6 is 0 Å². The van der Waals surface area contributed by atoms with E-state index in [1.165, 1.54) is 18.2 Å². The van der Waals surface area contributed by atoms with Crippen LogP contribution in [0.2, 0.25) is 0 Å². The van der Waals surface area contributed by atoms with Crippen LogP contribution in [0.25, 0.3) is 17.5 Å². The number of carbonyl (C=O) groups excluding carboxylic acids is 1. The first-order valence-corrected chi connectivity index (χ1v) is 11.1. The number of rotatable bonds is 7. The maximum atomic E-state index is 12.6. The molecule has 178 valence electrons. The average Bonchev–Trinajstić information content (AvgIpc) is 3.33. The number of piperazine rings is 1. The van der Waals surface area contributed by atoms with Crippen LogP contribution in [-0.2, 0) is 4.79 Å². The lowest BCUT2D eigenvalue weighted by Crippen LogP contribution is -2.48. The highest BCUT2D eigenvalue weighted by Gasteiger charge is 2.27. The number of ether oxygens (including phenoxy) is 1. The number of carbonyl (C=O) groups is 1. The Morgan fingerprint density at radius 1 is 1.09 bits per heavy atom. The first-order valence-electron chi connectivity index (χ1n) is 11.1. The summed E-state index contributed by atoms with van der Waals surface area (Å²) in [5.74, 6) is 0.936. The normalized spacial score (nSPS) is 15.7. The Kier molecular flexibility index (Phi) is 7.32. The van der Waals surface area contributed by atoms with Gasteiger partial charge in [0.15, 0.2) is 0 Å². The molecule has 1 saturated heterocycles. The fourth-order valence-electron chi connectivity index (χ4n) is 3.80. The Labute approximate surface area is 196 Å². The van der Waals surface area contributed by atoms with Crippen LogP contribution in [-0.4, -0.2) is 58.6 Å². The van der Waals surface area contributed by atoms with Crippen molar-refractivity contribution in [2.24, 2.45) is 0 Å². The molecular formula is C25H26F2N4O3. The van der Waals surface area contributed by atoms with E-state index in [4.69, 9.17) is 4.52 Å². The number of aryl methyl sites for hydroxylation is 1. The summed E-state index contributed by atoms with van der Waals surface area (Å²) < 4.78 is 35.2. The van der Waals surface area contributed by atoms with Gasteiger partial charge in [-0.05, 0) is 26.0 Å². The number of para-hydroxylation sites is 1. The average molecular weight is 469 g/mol. The molecule has 0 aliphatic carbocycles. The molecule has 1 unspecified atom stereocenters. The molecule has 3 aromatic rings. The van der Waals surface area contributed by atoms with Gasteiger partial charge >= 0.3 is 6.61 Å². The van der Waals surface area contributed by atoms with E-state index in [9.17, 15) is 13.6 Å². The maximum absolute atomic E-state index is 12.6. The van der Waals surface area contributed by atoms with Gasteiger partial charge in [0, 0.05) is 43.4 Å². The van der Waals surface area contributed by atoms with Crippen molar-refractivity contribution in [3.8, 4) is 17.1 Å². The van der Waals surface area contributed by atoms with Crippen molar-refractivity contribution >= 4 is 12.0 Å². The molecule has 1 amide bonds. The lowest BCUT2D eigenvalue weighted by Gasteiger charge is -2.36. The number of alkyl halides is 2. The van der Waals surface area contributed by atoms with E-state index in [-0.39, 0.29) is 17.7 Å². The fraction of sp³-hybridized carbons (Fsp3) is 0.320. The zero-order valence-corrected chi connectivity index (χ0v) is 19.0. The van der Waals surface area contributed by atoms with Crippen molar-refractivity contribution in [1.29, 1.82) is 0 Å². The fourth-order valence-corrected chi connectivity index (χ4v) is 3.80. The molecule has 0 N–H and O–H groups in total. The Bertz CT molecular complexity index is 1140. The second-order valence-electron chi connectivity index (χ2n) is 8.11. The van der Waals surface area contributed by atoms with E-state index in [0.717, 1.165) is 11.1 Å². The van der Waals surface area contributed by atoms with Crippen LogP contribution in [0.1, 0.15) is 30.0 Å². The molecule has 0 bridgehead atoms. The van der Waals surface area contributed by atoms with Crippen LogP contribution in [0.15, 0.2) is 59.1 Å². The third-order valence-electron chi connectivity index (χ3n) is 5.82. The molecule has 1 aliphatic rings. The molecule has 0 saturated carbocycles. The molecule has 7 nitrogen and oxygen atoms in total. The van der Waals surface area contributed by atoms with E-state index in [0.29, 0.717) is 43.5 Å². The summed E-state index contributed by atoms with van der Waals surface area (Å²) in [5, 5.41) is 4.11. The van der Waals surface area contributed by atoms with Gasteiger partial charge < -0.3 is 14.2 Å². The summed E-state index contributed by atoms with van der Waals surface area (Å²) in [7, 11) is 0. The van der Waals surface area contributed by atoms with Gasteiger partial charge in [-0.2, -0.15) is 13.8 Å². The Balaban J connectivity index is 1.33. The third-order valence-corrected chi connectivity index (χ3v) is 5.82. The smallest absolute Gasteiger partial charge is 0.387 e.